The SMILES string of the molecule is COc1ccc(C(C)Nc2cnn(CC(N)=O)c2)c(O)c1. The Labute approximate surface area is 122 Å². The Bertz CT molecular complexity index is 639. The second kappa shape index (κ2) is 6.17. The molecule has 21 heavy (non-hydrogen) atoms. The van der Waals surface area contributed by atoms with E-state index in [1.54, 1.807) is 37.7 Å². The van der Waals surface area contributed by atoms with Gasteiger partial charge in [0.15, 0.2) is 0 Å². The maximum absolute atomic E-state index is 10.8. The molecule has 1 amide bonds. The minimum Gasteiger partial charge on any atom is -0.507 e. The lowest BCUT2D eigenvalue weighted by molar-refractivity contribution is -0.118. The smallest absolute Gasteiger partial charge is 0.239 e. The van der Waals surface area contributed by atoms with Crippen LogP contribution >= 0.6 is 0 Å². The highest BCUT2D eigenvalue weighted by Gasteiger charge is 2.12. The van der Waals surface area contributed by atoms with Crippen molar-refractivity contribution in [3.05, 3.63) is 36.2 Å². The van der Waals surface area contributed by atoms with Crippen molar-refractivity contribution in [2.75, 3.05) is 12.4 Å². The molecule has 7 nitrogen and oxygen atoms in total. The van der Waals surface area contributed by atoms with E-state index in [1.165, 1.54) is 4.68 Å². The molecule has 1 unspecified atom stereocenters. The van der Waals surface area contributed by atoms with Crippen LogP contribution in [0.15, 0.2) is 30.6 Å². The van der Waals surface area contributed by atoms with Crippen LogP contribution in [0.1, 0.15) is 18.5 Å². The number of rotatable bonds is 6. The fourth-order valence-electron chi connectivity index (χ4n) is 2.03. The van der Waals surface area contributed by atoms with Crippen molar-refractivity contribution in [3.8, 4) is 11.5 Å². The Morgan fingerprint density at radius 2 is 2.33 bits per heavy atom. The Hall–Kier alpha value is -2.70. The number of methoxy groups -OCH3 is 1. The largest absolute Gasteiger partial charge is 0.507 e. The van der Waals surface area contributed by atoms with Crippen molar-refractivity contribution < 1.29 is 14.6 Å². The number of hydrogen-bond donors (Lipinski definition) is 3. The first-order chi connectivity index (χ1) is 9.99. The first-order valence-corrected chi connectivity index (χ1v) is 6.44. The van der Waals surface area contributed by atoms with Gasteiger partial charge in [0.2, 0.25) is 5.91 Å². The topological polar surface area (TPSA) is 102 Å². The number of phenolic OH excluding ortho intramolecular Hbond substituents is 1. The number of hydrogen-bond acceptors (Lipinski definition) is 5. The number of nitrogens with zero attached hydrogens (tertiary/aromatic N) is 2. The molecule has 1 heterocycles. The summed E-state index contributed by atoms with van der Waals surface area (Å²) in [6.45, 7) is 1.94. The summed E-state index contributed by atoms with van der Waals surface area (Å²) in [5.74, 6) is 0.294. The second-order valence-electron chi connectivity index (χ2n) is 4.68. The fourth-order valence-corrected chi connectivity index (χ4v) is 2.03. The summed E-state index contributed by atoms with van der Waals surface area (Å²) in [6, 6.07) is 5.00. The zero-order valence-electron chi connectivity index (χ0n) is 11.9. The van der Waals surface area contributed by atoms with Gasteiger partial charge in [0, 0.05) is 17.8 Å². The summed E-state index contributed by atoms with van der Waals surface area (Å²) >= 11 is 0. The molecule has 4 N–H and O–H groups in total. The Morgan fingerprint density at radius 3 is 2.95 bits per heavy atom. The average molecular weight is 290 g/mol. The van der Waals surface area contributed by atoms with Gasteiger partial charge < -0.3 is 20.9 Å². The number of carbonyl (C=O) groups is 1. The number of carbonyl (C=O) groups excluding carboxylic acids is 1. The summed E-state index contributed by atoms with van der Waals surface area (Å²) in [6.07, 6.45) is 3.28. The van der Waals surface area contributed by atoms with E-state index in [9.17, 15) is 9.90 Å². The highest BCUT2D eigenvalue weighted by atomic mass is 16.5. The second-order valence-corrected chi connectivity index (χ2v) is 4.68. The Kier molecular flexibility index (Phi) is 4.32. The average Bonchev–Trinajstić information content (AvgIpc) is 2.84. The number of benzene rings is 1. The predicted octanol–water partition coefficient (Wildman–Crippen LogP) is 1.26. The van der Waals surface area contributed by atoms with Gasteiger partial charge in [-0.1, -0.05) is 0 Å². The van der Waals surface area contributed by atoms with Crippen molar-refractivity contribution in [3.63, 3.8) is 0 Å². The molecule has 1 atom stereocenters. The predicted molar refractivity (Wildman–Crippen MR) is 78.1 cm³/mol. The third-order valence-electron chi connectivity index (χ3n) is 3.04. The van der Waals surface area contributed by atoms with Gasteiger partial charge in [-0.3, -0.25) is 9.48 Å². The van der Waals surface area contributed by atoms with Crippen molar-refractivity contribution in [1.82, 2.24) is 9.78 Å². The first kappa shape index (κ1) is 14.7. The quantitative estimate of drug-likeness (QED) is 0.743. The zero-order valence-corrected chi connectivity index (χ0v) is 11.9. The minimum absolute atomic E-state index is 0.0316. The molecule has 0 aliphatic rings. The maximum atomic E-state index is 10.8. The summed E-state index contributed by atoms with van der Waals surface area (Å²) in [5.41, 5.74) is 6.58. The molecule has 0 saturated heterocycles. The van der Waals surface area contributed by atoms with Crippen molar-refractivity contribution in [1.29, 1.82) is 0 Å². The molecule has 7 heteroatoms. The normalized spacial score (nSPS) is 11.9. The van der Waals surface area contributed by atoms with Gasteiger partial charge >= 0.3 is 0 Å². The third-order valence-corrected chi connectivity index (χ3v) is 3.04. The summed E-state index contributed by atoms with van der Waals surface area (Å²) in [4.78, 5) is 10.8. The molecule has 0 aliphatic carbocycles. The van der Waals surface area contributed by atoms with E-state index in [2.05, 4.69) is 10.4 Å². The summed E-state index contributed by atoms with van der Waals surface area (Å²) < 4.78 is 6.50. The van der Waals surface area contributed by atoms with Crippen molar-refractivity contribution in [2.24, 2.45) is 5.73 Å². The van der Waals surface area contributed by atoms with Gasteiger partial charge in [0.1, 0.15) is 18.0 Å². The molecular formula is C14H18N4O3. The molecular weight excluding hydrogens is 272 g/mol. The van der Waals surface area contributed by atoms with Crippen molar-refractivity contribution >= 4 is 11.6 Å². The lowest BCUT2D eigenvalue weighted by Gasteiger charge is -2.16. The molecule has 1 aromatic carbocycles. The van der Waals surface area contributed by atoms with E-state index in [0.717, 1.165) is 11.3 Å². The molecule has 0 radical (unpaired) electrons. The van der Waals surface area contributed by atoms with Crippen LogP contribution in [0.2, 0.25) is 0 Å². The Balaban J connectivity index is 2.08. The van der Waals surface area contributed by atoms with E-state index in [1.807, 2.05) is 6.92 Å². The van der Waals surface area contributed by atoms with Crippen LogP contribution in [0.3, 0.4) is 0 Å². The first-order valence-electron chi connectivity index (χ1n) is 6.44. The van der Waals surface area contributed by atoms with Crippen LogP contribution in [0.5, 0.6) is 11.5 Å². The summed E-state index contributed by atoms with van der Waals surface area (Å²) in [7, 11) is 1.54. The Morgan fingerprint density at radius 1 is 1.57 bits per heavy atom. The molecule has 2 rings (SSSR count). The van der Waals surface area contributed by atoms with Crippen LogP contribution in [0.4, 0.5) is 5.69 Å². The summed E-state index contributed by atoms with van der Waals surface area (Å²) in [5, 5.41) is 17.2. The van der Waals surface area contributed by atoms with Gasteiger partial charge in [-0.25, -0.2) is 0 Å². The minimum atomic E-state index is -0.453. The van der Waals surface area contributed by atoms with Gasteiger partial charge in [0.25, 0.3) is 0 Å². The standard InChI is InChI=1S/C14H18N4O3/c1-9(12-4-3-11(21-2)5-13(12)19)17-10-6-16-18(7-10)8-14(15)20/h3-7,9,17,19H,8H2,1-2H3,(H2,15,20). The number of aromatic hydroxyl groups is 1. The third kappa shape index (κ3) is 3.65. The molecule has 0 spiro atoms. The van der Waals surface area contributed by atoms with E-state index >= 15 is 0 Å². The number of primary amides is 1. The number of ether oxygens (including phenoxy) is 1. The fraction of sp³-hybridized carbons (Fsp3) is 0.286. The van der Waals surface area contributed by atoms with Crippen LogP contribution in [0, 0.1) is 0 Å². The monoisotopic (exact) mass is 290 g/mol. The maximum Gasteiger partial charge on any atom is 0.239 e. The van der Waals surface area contributed by atoms with E-state index in [4.69, 9.17) is 10.5 Å². The molecule has 0 fully saturated rings. The number of aromatic nitrogens is 2. The number of amides is 1. The van der Waals surface area contributed by atoms with Gasteiger partial charge in [-0.2, -0.15) is 5.10 Å². The van der Waals surface area contributed by atoms with Crippen LogP contribution in [0.25, 0.3) is 0 Å². The highest BCUT2D eigenvalue weighted by Crippen LogP contribution is 2.30. The number of nitrogens with two attached hydrogens (primary N) is 1. The van der Waals surface area contributed by atoms with Gasteiger partial charge in [-0.15, -0.1) is 0 Å². The van der Waals surface area contributed by atoms with Gasteiger partial charge in [0.05, 0.1) is 25.0 Å². The van der Waals surface area contributed by atoms with Crippen LogP contribution < -0.4 is 15.8 Å². The molecule has 0 bridgehead atoms. The molecule has 1 aromatic heterocycles. The highest BCUT2D eigenvalue weighted by molar-refractivity contribution is 5.73. The van der Waals surface area contributed by atoms with E-state index < -0.39 is 5.91 Å². The van der Waals surface area contributed by atoms with Crippen molar-refractivity contribution in [2.45, 2.75) is 19.5 Å². The molecule has 112 valence electrons. The van der Waals surface area contributed by atoms with Crippen LogP contribution in [-0.2, 0) is 11.3 Å². The van der Waals surface area contributed by atoms with Gasteiger partial charge in [-0.05, 0) is 19.1 Å². The molecule has 0 aliphatic heterocycles. The lowest BCUT2D eigenvalue weighted by atomic mass is 10.1. The van der Waals surface area contributed by atoms with E-state index in [-0.39, 0.29) is 18.3 Å². The van der Waals surface area contributed by atoms with E-state index in [0.29, 0.717) is 5.75 Å². The number of anilines is 1. The number of phenols is 1. The number of nitrogens with one attached hydrogen (secondary N) is 1. The molecule has 0 saturated carbocycles. The lowest BCUT2D eigenvalue weighted by Crippen LogP contribution is -2.18. The van der Waals surface area contributed by atoms with Crippen LogP contribution in [-0.4, -0.2) is 27.9 Å². The zero-order chi connectivity index (χ0) is 15.4. The molecule has 2 aromatic rings.